The van der Waals surface area contributed by atoms with Gasteiger partial charge in [0.05, 0.1) is 5.71 Å². The molecule has 7 heteroatoms. The Morgan fingerprint density at radius 1 is 1.27 bits per heavy atom. The lowest BCUT2D eigenvalue weighted by Crippen LogP contribution is -2.45. The van der Waals surface area contributed by atoms with Crippen molar-refractivity contribution >= 4 is 11.5 Å². The van der Waals surface area contributed by atoms with Crippen LogP contribution in [0.5, 0.6) is 5.75 Å². The van der Waals surface area contributed by atoms with Crippen LogP contribution in [0.25, 0.3) is 11.4 Å². The Balaban J connectivity index is 1.75. The lowest BCUT2D eigenvalue weighted by atomic mass is 10.1. The monoisotopic (exact) mass is 406 g/mol. The van der Waals surface area contributed by atoms with Crippen LogP contribution in [0, 0.1) is 0 Å². The van der Waals surface area contributed by atoms with Gasteiger partial charge in [0.25, 0.3) is 0 Å². The number of nitrogens with zero attached hydrogens (tertiary/aromatic N) is 5. The molecule has 2 heterocycles. The van der Waals surface area contributed by atoms with Crippen molar-refractivity contribution in [3.63, 3.8) is 0 Å². The third-order valence-electron chi connectivity index (χ3n) is 4.88. The van der Waals surface area contributed by atoms with Crippen LogP contribution in [0.2, 0.25) is 0 Å². The van der Waals surface area contributed by atoms with E-state index in [1.807, 2.05) is 13.0 Å². The molecular weight excluding hydrogens is 376 g/mol. The van der Waals surface area contributed by atoms with E-state index in [1.165, 1.54) is 0 Å². The van der Waals surface area contributed by atoms with Gasteiger partial charge in [-0.1, -0.05) is 12.6 Å². The van der Waals surface area contributed by atoms with Gasteiger partial charge in [-0.15, -0.1) is 10.2 Å². The van der Waals surface area contributed by atoms with E-state index in [1.54, 1.807) is 36.7 Å². The topological polar surface area (TPSA) is 86.0 Å². The smallest absolute Gasteiger partial charge is 0.159 e. The van der Waals surface area contributed by atoms with Crippen LogP contribution < -0.4 is 5.32 Å². The van der Waals surface area contributed by atoms with Crippen LogP contribution >= 0.6 is 0 Å². The van der Waals surface area contributed by atoms with Crippen molar-refractivity contribution in [1.82, 2.24) is 20.2 Å². The number of allylic oxidation sites excluding steroid dienone is 1. The minimum Gasteiger partial charge on any atom is -0.507 e. The zero-order valence-corrected chi connectivity index (χ0v) is 18.1. The van der Waals surface area contributed by atoms with Crippen molar-refractivity contribution < 1.29 is 5.11 Å². The summed E-state index contributed by atoms with van der Waals surface area (Å²) in [5.74, 6) is 1.49. The second-order valence-corrected chi connectivity index (χ2v) is 8.47. The highest BCUT2D eigenvalue weighted by atomic mass is 16.3. The SMILES string of the molecule is C=C/C(=N\N=C(/C)N1CCC(NC(C)(C)C)C1)c1ccc(-c2ncccn2)cc1O. The maximum atomic E-state index is 10.5. The molecule has 0 bridgehead atoms. The molecule has 0 radical (unpaired) electrons. The Hall–Kier alpha value is -3.06. The van der Waals surface area contributed by atoms with Gasteiger partial charge in [-0.2, -0.15) is 0 Å². The molecule has 0 aliphatic carbocycles. The summed E-state index contributed by atoms with van der Waals surface area (Å²) >= 11 is 0. The number of nitrogens with one attached hydrogen (secondary N) is 1. The second-order valence-electron chi connectivity index (χ2n) is 8.47. The molecule has 1 aromatic heterocycles. The minimum atomic E-state index is 0.0852. The lowest BCUT2D eigenvalue weighted by molar-refractivity contribution is 0.360. The number of amidine groups is 1. The fourth-order valence-corrected chi connectivity index (χ4v) is 3.51. The molecule has 3 rings (SSSR count). The molecule has 0 spiro atoms. The maximum Gasteiger partial charge on any atom is 0.159 e. The summed E-state index contributed by atoms with van der Waals surface area (Å²) in [7, 11) is 0. The number of phenolic OH excluding ortho intramolecular Hbond substituents is 1. The predicted molar refractivity (Wildman–Crippen MR) is 122 cm³/mol. The standard InChI is InChI=1S/C23H30N6O/c1-6-20(19-9-8-17(14-21(19)30)22-24-11-7-12-25-22)28-27-16(2)29-13-10-18(15-29)26-23(3,4)5/h6-9,11-12,14,18,26,30H,1,10,13,15H2,2-5H3/b27-16+,28-20+. The summed E-state index contributed by atoms with van der Waals surface area (Å²) in [6.07, 6.45) is 6.01. The summed E-state index contributed by atoms with van der Waals surface area (Å²) in [5.41, 5.74) is 1.90. The van der Waals surface area contributed by atoms with Crippen molar-refractivity contribution in [2.75, 3.05) is 13.1 Å². The van der Waals surface area contributed by atoms with E-state index in [4.69, 9.17) is 0 Å². The zero-order chi connectivity index (χ0) is 21.7. The fourth-order valence-electron chi connectivity index (χ4n) is 3.51. The van der Waals surface area contributed by atoms with Gasteiger partial charge in [0.15, 0.2) is 5.82 Å². The van der Waals surface area contributed by atoms with Crippen LogP contribution in [-0.2, 0) is 0 Å². The first-order chi connectivity index (χ1) is 14.3. The lowest BCUT2D eigenvalue weighted by Gasteiger charge is -2.26. The Morgan fingerprint density at radius 2 is 2.00 bits per heavy atom. The van der Waals surface area contributed by atoms with Crippen LogP contribution in [0.15, 0.2) is 59.5 Å². The summed E-state index contributed by atoms with van der Waals surface area (Å²) in [6.45, 7) is 14.2. The highest BCUT2D eigenvalue weighted by Gasteiger charge is 2.26. The Labute approximate surface area is 178 Å². The second kappa shape index (κ2) is 9.17. The van der Waals surface area contributed by atoms with E-state index in [0.717, 1.165) is 30.9 Å². The van der Waals surface area contributed by atoms with Crippen molar-refractivity contribution in [2.24, 2.45) is 10.2 Å². The molecule has 0 saturated carbocycles. The average Bonchev–Trinajstić information content (AvgIpc) is 3.16. The summed E-state index contributed by atoms with van der Waals surface area (Å²) in [4.78, 5) is 10.6. The number of rotatable bonds is 5. The van der Waals surface area contributed by atoms with Gasteiger partial charge in [-0.25, -0.2) is 9.97 Å². The van der Waals surface area contributed by atoms with Crippen LogP contribution in [0.4, 0.5) is 0 Å². The van der Waals surface area contributed by atoms with Gasteiger partial charge in [-0.3, -0.25) is 0 Å². The normalized spacial score (nSPS) is 18.0. The van der Waals surface area contributed by atoms with Crippen molar-refractivity contribution in [2.45, 2.75) is 45.7 Å². The number of benzene rings is 1. The van der Waals surface area contributed by atoms with Crippen LogP contribution in [-0.4, -0.2) is 56.2 Å². The van der Waals surface area contributed by atoms with E-state index in [9.17, 15) is 5.11 Å². The quantitative estimate of drug-likeness (QED) is 0.450. The highest BCUT2D eigenvalue weighted by molar-refractivity contribution is 6.10. The van der Waals surface area contributed by atoms with Crippen LogP contribution in [0.3, 0.4) is 0 Å². The Bertz CT molecular complexity index is 946. The van der Waals surface area contributed by atoms with E-state index in [2.05, 4.69) is 57.7 Å². The van der Waals surface area contributed by atoms with Gasteiger partial charge >= 0.3 is 0 Å². The molecule has 158 valence electrons. The number of hydrogen-bond donors (Lipinski definition) is 2. The largest absolute Gasteiger partial charge is 0.507 e. The Morgan fingerprint density at radius 3 is 2.63 bits per heavy atom. The van der Waals surface area contributed by atoms with Crippen molar-refractivity contribution in [1.29, 1.82) is 0 Å². The molecule has 30 heavy (non-hydrogen) atoms. The molecule has 0 amide bonds. The molecule has 1 atom stereocenters. The molecule has 1 aliphatic heterocycles. The van der Waals surface area contributed by atoms with Gasteiger partial charge in [0.1, 0.15) is 11.6 Å². The summed E-state index contributed by atoms with van der Waals surface area (Å²) < 4.78 is 0. The zero-order valence-electron chi connectivity index (χ0n) is 18.1. The predicted octanol–water partition coefficient (Wildman–Crippen LogP) is 3.62. The molecular formula is C23H30N6O. The van der Waals surface area contributed by atoms with Gasteiger partial charge in [0.2, 0.25) is 0 Å². The molecule has 7 nitrogen and oxygen atoms in total. The maximum absolute atomic E-state index is 10.5. The summed E-state index contributed by atoms with van der Waals surface area (Å²) in [5, 5.41) is 22.9. The number of aromatic nitrogens is 2. The highest BCUT2D eigenvalue weighted by Crippen LogP contribution is 2.25. The molecule has 1 fully saturated rings. The van der Waals surface area contributed by atoms with E-state index in [-0.39, 0.29) is 11.3 Å². The number of likely N-dealkylation sites (tertiary alicyclic amines) is 1. The molecule has 1 aliphatic rings. The first-order valence-electron chi connectivity index (χ1n) is 10.1. The average molecular weight is 407 g/mol. The number of phenols is 1. The molecule has 2 aromatic rings. The number of aromatic hydroxyl groups is 1. The summed E-state index contributed by atoms with van der Waals surface area (Å²) in [6, 6.07) is 7.45. The van der Waals surface area contributed by atoms with Gasteiger partial charge in [0, 0.05) is 48.2 Å². The Kier molecular flexibility index (Phi) is 6.62. The number of hydrogen-bond acceptors (Lipinski definition) is 6. The first-order valence-corrected chi connectivity index (χ1v) is 10.1. The van der Waals surface area contributed by atoms with E-state index < -0.39 is 0 Å². The van der Waals surface area contributed by atoms with Gasteiger partial charge in [-0.05, 0) is 58.4 Å². The van der Waals surface area contributed by atoms with Crippen LogP contribution in [0.1, 0.15) is 39.7 Å². The van der Waals surface area contributed by atoms with E-state index >= 15 is 0 Å². The molecule has 1 unspecified atom stereocenters. The van der Waals surface area contributed by atoms with E-state index in [0.29, 0.717) is 23.1 Å². The third-order valence-corrected chi connectivity index (χ3v) is 4.88. The molecule has 2 N–H and O–H groups in total. The van der Waals surface area contributed by atoms with Gasteiger partial charge < -0.3 is 15.3 Å². The molecule has 1 saturated heterocycles. The minimum absolute atomic E-state index is 0.0852. The van der Waals surface area contributed by atoms with Crippen molar-refractivity contribution in [3.8, 4) is 17.1 Å². The van der Waals surface area contributed by atoms with Crippen molar-refractivity contribution in [3.05, 3.63) is 54.9 Å². The third kappa shape index (κ3) is 5.51. The first kappa shape index (κ1) is 21.6. The fraction of sp³-hybridized carbons (Fsp3) is 0.391. The molecule has 1 aromatic carbocycles.